The van der Waals surface area contributed by atoms with Crippen LogP contribution in [-0.4, -0.2) is 37.3 Å². The number of allylic oxidation sites excluding steroid dienone is 3. The number of phenolic OH excluding ortho intramolecular Hbond substituents is 1. The van der Waals surface area contributed by atoms with E-state index >= 15 is 0 Å². The molecule has 0 aliphatic carbocycles. The van der Waals surface area contributed by atoms with Gasteiger partial charge in [0.2, 0.25) is 5.75 Å². The Hall–Kier alpha value is -3.67. The normalized spacial score (nSPS) is 11.8. The van der Waals surface area contributed by atoms with Gasteiger partial charge in [-0.25, -0.2) is 0 Å². The maximum absolute atomic E-state index is 11.9. The number of rotatable bonds is 8. The lowest BCUT2D eigenvalue weighted by atomic mass is 10.1. The van der Waals surface area contributed by atoms with Gasteiger partial charge in [-0.15, -0.1) is 0 Å². The lowest BCUT2D eigenvalue weighted by Crippen LogP contribution is -1.95. The number of phenols is 1. The molecule has 0 spiro atoms. The minimum atomic E-state index is -0.375. The molecular formula is C22H22O6. The van der Waals surface area contributed by atoms with Crippen LogP contribution < -0.4 is 14.2 Å². The third-order valence-electron chi connectivity index (χ3n) is 3.76. The van der Waals surface area contributed by atoms with Crippen LogP contribution in [0.5, 0.6) is 23.0 Å². The number of aromatic hydroxyl groups is 1. The lowest BCUT2D eigenvalue weighted by Gasteiger charge is -2.12. The van der Waals surface area contributed by atoms with Crippen molar-refractivity contribution < 1.29 is 29.2 Å². The summed E-state index contributed by atoms with van der Waals surface area (Å²) >= 11 is 0. The SMILES string of the molecule is COc1cc(/C=C/C(O)=CC(=O)/C=C/c2ccc(O)cc2)cc(OC)c1OC. The number of aliphatic hydroxyl groups is 1. The third kappa shape index (κ3) is 5.67. The molecule has 0 heterocycles. The summed E-state index contributed by atoms with van der Waals surface area (Å²) < 4.78 is 15.8. The molecule has 6 nitrogen and oxygen atoms in total. The van der Waals surface area contributed by atoms with E-state index in [1.807, 2.05) is 0 Å². The van der Waals surface area contributed by atoms with E-state index in [1.54, 1.807) is 36.4 Å². The zero-order valence-corrected chi connectivity index (χ0v) is 15.9. The number of ether oxygens (including phenoxy) is 3. The molecule has 2 aromatic carbocycles. The Balaban J connectivity index is 2.12. The predicted octanol–water partition coefficient (Wildman–Crippen LogP) is 4.16. The van der Waals surface area contributed by atoms with Gasteiger partial charge in [0.25, 0.3) is 0 Å². The molecule has 28 heavy (non-hydrogen) atoms. The fraction of sp³-hybridized carbons (Fsp3) is 0.136. The summed E-state index contributed by atoms with van der Waals surface area (Å²) in [6, 6.07) is 9.84. The lowest BCUT2D eigenvalue weighted by molar-refractivity contribution is -0.110. The van der Waals surface area contributed by atoms with E-state index in [0.717, 1.165) is 11.6 Å². The van der Waals surface area contributed by atoms with Crippen LogP contribution in [0.25, 0.3) is 12.2 Å². The van der Waals surface area contributed by atoms with E-state index in [0.29, 0.717) is 22.8 Å². The van der Waals surface area contributed by atoms with Gasteiger partial charge in [-0.3, -0.25) is 4.79 Å². The average molecular weight is 382 g/mol. The predicted molar refractivity (Wildman–Crippen MR) is 108 cm³/mol. The van der Waals surface area contributed by atoms with Crippen LogP contribution in [-0.2, 0) is 4.79 Å². The van der Waals surface area contributed by atoms with Gasteiger partial charge in [-0.1, -0.05) is 24.3 Å². The molecule has 2 rings (SSSR count). The highest BCUT2D eigenvalue weighted by atomic mass is 16.5. The van der Waals surface area contributed by atoms with Crippen molar-refractivity contribution in [2.45, 2.75) is 0 Å². The molecule has 2 N–H and O–H groups in total. The van der Waals surface area contributed by atoms with Crippen molar-refractivity contribution in [3.05, 3.63) is 71.5 Å². The number of aliphatic hydroxyl groups excluding tert-OH is 1. The Morgan fingerprint density at radius 2 is 1.43 bits per heavy atom. The first-order chi connectivity index (χ1) is 13.5. The molecule has 0 aliphatic rings. The van der Waals surface area contributed by atoms with Crippen molar-refractivity contribution in [3.63, 3.8) is 0 Å². The summed E-state index contributed by atoms with van der Waals surface area (Å²) in [6.45, 7) is 0. The first kappa shape index (κ1) is 20.6. The van der Waals surface area contributed by atoms with Crippen molar-refractivity contribution >= 4 is 17.9 Å². The van der Waals surface area contributed by atoms with Crippen LogP contribution >= 0.6 is 0 Å². The number of hydrogen-bond donors (Lipinski definition) is 2. The minimum absolute atomic E-state index is 0.151. The molecule has 0 saturated carbocycles. The van der Waals surface area contributed by atoms with Crippen LogP contribution in [0.4, 0.5) is 0 Å². The first-order valence-corrected chi connectivity index (χ1v) is 8.36. The Morgan fingerprint density at radius 3 is 1.96 bits per heavy atom. The topological polar surface area (TPSA) is 85.2 Å². The van der Waals surface area contributed by atoms with Crippen LogP contribution in [0, 0.1) is 0 Å². The van der Waals surface area contributed by atoms with E-state index in [4.69, 9.17) is 14.2 Å². The van der Waals surface area contributed by atoms with Crippen LogP contribution in [0.1, 0.15) is 11.1 Å². The van der Waals surface area contributed by atoms with Gasteiger partial charge in [-0.05, 0) is 47.5 Å². The largest absolute Gasteiger partial charge is 0.508 e. The van der Waals surface area contributed by atoms with Crippen molar-refractivity contribution in [2.24, 2.45) is 0 Å². The summed E-state index contributed by atoms with van der Waals surface area (Å²) in [7, 11) is 4.55. The second-order valence-corrected chi connectivity index (χ2v) is 5.69. The minimum Gasteiger partial charge on any atom is -0.508 e. The second kappa shape index (κ2) is 9.87. The maximum Gasteiger partial charge on any atom is 0.203 e. The Morgan fingerprint density at radius 1 is 0.857 bits per heavy atom. The molecule has 0 radical (unpaired) electrons. The zero-order valence-electron chi connectivity index (χ0n) is 15.9. The molecule has 2 aromatic rings. The highest BCUT2D eigenvalue weighted by molar-refractivity contribution is 6.02. The van der Waals surface area contributed by atoms with Crippen LogP contribution in [0.15, 0.2) is 60.4 Å². The summed E-state index contributed by atoms with van der Waals surface area (Å²) in [6.07, 6.45) is 7.04. The summed E-state index contributed by atoms with van der Waals surface area (Å²) in [5.74, 6) is 1.01. The third-order valence-corrected chi connectivity index (χ3v) is 3.76. The van der Waals surface area contributed by atoms with Crippen molar-refractivity contribution in [1.82, 2.24) is 0 Å². The van der Waals surface area contributed by atoms with Crippen LogP contribution in [0.3, 0.4) is 0 Å². The molecular weight excluding hydrogens is 360 g/mol. The fourth-order valence-corrected chi connectivity index (χ4v) is 2.38. The van der Waals surface area contributed by atoms with Gasteiger partial charge >= 0.3 is 0 Å². The van der Waals surface area contributed by atoms with Crippen molar-refractivity contribution in [2.75, 3.05) is 21.3 Å². The average Bonchev–Trinajstić information content (AvgIpc) is 2.70. The van der Waals surface area contributed by atoms with E-state index in [-0.39, 0.29) is 17.3 Å². The Bertz CT molecular complexity index is 882. The molecule has 0 fully saturated rings. The quantitative estimate of drug-likeness (QED) is 0.405. The summed E-state index contributed by atoms with van der Waals surface area (Å²) in [4.78, 5) is 11.9. The van der Waals surface area contributed by atoms with Gasteiger partial charge in [0.05, 0.1) is 21.3 Å². The summed E-state index contributed by atoms with van der Waals surface area (Å²) in [5.41, 5.74) is 1.45. The number of carbonyl (C=O) groups is 1. The number of ketones is 1. The fourth-order valence-electron chi connectivity index (χ4n) is 2.38. The zero-order chi connectivity index (χ0) is 20.5. The van der Waals surface area contributed by atoms with E-state index in [2.05, 4.69) is 0 Å². The molecule has 0 amide bonds. The molecule has 146 valence electrons. The van der Waals surface area contributed by atoms with Crippen LogP contribution in [0.2, 0.25) is 0 Å². The summed E-state index contributed by atoms with van der Waals surface area (Å²) in [5, 5.41) is 19.2. The first-order valence-electron chi connectivity index (χ1n) is 8.36. The van der Waals surface area contributed by atoms with Gasteiger partial charge in [0.15, 0.2) is 17.3 Å². The molecule has 0 saturated heterocycles. The highest BCUT2D eigenvalue weighted by Gasteiger charge is 2.12. The van der Waals surface area contributed by atoms with Crippen molar-refractivity contribution in [1.29, 1.82) is 0 Å². The molecule has 6 heteroatoms. The maximum atomic E-state index is 11.9. The van der Waals surface area contributed by atoms with E-state index in [1.165, 1.54) is 45.6 Å². The smallest absolute Gasteiger partial charge is 0.203 e. The Labute approximate surface area is 163 Å². The molecule has 0 atom stereocenters. The monoisotopic (exact) mass is 382 g/mol. The van der Waals surface area contributed by atoms with Gasteiger partial charge in [0.1, 0.15) is 11.5 Å². The number of methoxy groups -OCH3 is 3. The van der Waals surface area contributed by atoms with Gasteiger partial charge in [0, 0.05) is 6.08 Å². The molecule has 0 unspecified atom stereocenters. The standard InChI is InChI=1S/C22H22O6/c1-26-20-12-16(13-21(27-2)22(20)28-3)7-11-19(25)14-18(24)10-6-15-4-8-17(23)9-5-15/h4-14,23,25H,1-3H3/b10-6+,11-7+,19-14?. The molecule has 0 aromatic heterocycles. The number of hydrogen-bond acceptors (Lipinski definition) is 6. The van der Waals surface area contributed by atoms with E-state index < -0.39 is 0 Å². The number of carbonyl (C=O) groups excluding carboxylic acids is 1. The molecule has 0 aliphatic heterocycles. The Kier molecular flexibility index (Phi) is 7.28. The number of benzene rings is 2. The van der Waals surface area contributed by atoms with Crippen molar-refractivity contribution in [3.8, 4) is 23.0 Å². The highest BCUT2D eigenvalue weighted by Crippen LogP contribution is 2.38. The second-order valence-electron chi connectivity index (χ2n) is 5.69. The van der Waals surface area contributed by atoms with Gasteiger partial charge in [-0.2, -0.15) is 0 Å². The molecule has 0 bridgehead atoms. The van der Waals surface area contributed by atoms with Gasteiger partial charge < -0.3 is 24.4 Å². The van der Waals surface area contributed by atoms with E-state index in [9.17, 15) is 15.0 Å².